The van der Waals surface area contributed by atoms with Crippen molar-refractivity contribution in [2.45, 2.75) is 32.7 Å². The van der Waals surface area contributed by atoms with Crippen LogP contribution in [0, 0.1) is 12.8 Å². The Labute approximate surface area is 130 Å². The minimum atomic E-state index is 0.562. The van der Waals surface area contributed by atoms with Gasteiger partial charge in [-0.15, -0.1) is 0 Å². The molecule has 3 rings (SSSR count). The van der Waals surface area contributed by atoms with Crippen LogP contribution in [0.3, 0.4) is 0 Å². The highest BCUT2D eigenvalue weighted by Crippen LogP contribution is 2.22. The molecule has 0 aliphatic carbocycles. The molecule has 1 aliphatic rings. The van der Waals surface area contributed by atoms with E-state index in [0.29, 0.717) is 11.7 Å². The number of nitrogens with zero attached hydrogens (tertiary/aromatic N) is 5. The van der Waals surface area contributed by atoms with Crippen LogP contribution in [0.5, 0.6) is 0 Å². The van der Waals surface area contributed by atoms with Crippen molar-refractivity contribution in [3.05, 3.63) is 41.9 Å². The Balaban J connectivity index is 1.59. The molecule has 6 heteroatoms. The van der Waals surface area contributed by atoms with Gasteiger partial charge in [0.1, 0.15) is 11.6 Å². The van der Waals surface area contributed by atoms with Gasteiger partial charge < -0.3 is 5.73 Å². The molecule has 0 amide bonds. The maximum Gasteiger partial charge on any atom is 0.145 e. The molecule has 116 valence electrons. The van der Waals surface area contributed by atoms with Crippen LogP contribution >= 0.6 is 0 Å². The third-order valence-electron chi connectivity index (χ3n) is 4.13. The third-order valence-corrected chi connectivity index (χ3v) is 4.13. The third kappa shape index (κ3) is 3.76. The molecule has 0 spiro atoms. The first-order chi connectivity index (χ1) is 10.7. The van der Waals surface area contributed by atoms with Gasteiger partial charge in [-0.25, -0.2) is 15.0 Å². The first-order valence-electron chi connectivity index (χ1n) is 7.76. The largest absolute Gasteiger partial charge is 0.382 e. The molecule has 22 heavy (non-hydrogen) atoms. The van der Waals surface area contributed by atoms with E-state index in [0.717, 1.165) is 37.6 Å². The second-order valence-corrected chi connectivity index (χ2v) is 5.97. The van der Waals surface area contributed by atoms with E-state index in [-0.39, 0.29) is 0 Å². The fraction of sp³-hybridized carbons (Fsp3) is 0.500. The zero-order valence-corrected chi connectivity index (χ0v) is 12.9. The van der Waals surface area contributed by atoms with Crippen molar-refractivity contribution >= 4 is 5.82 Å². The predicted octanol–water partition coefficient (Wildman–Crippen LogP) is 1.61. The van der Waals surface area contributed by atoms with Gasteiger partial charge in [0.05, 0.1) is 5.69 Å². The summed E-state index contributed by atoms with van der Waals surface area (Å²) in [5, 5.41) is 0. The van der Waals surface area contributed by atoms with Crippen LogP contribution in [0.15, 0.2) is 24.8 Å². The van der Waals surface area contributed by atoms with E-state index >= 15 is 0 Å². The van der Waals surface area contributed by atoms with Crippen molar-refractivity contribution in [1.29, 1.82) is 0 Å². The molecule has 6 nitrogen and oxygen atoms in total. The monoisotopic (exact) mass is 298 g/mol. The number of nitrogen functional groups attached to an aromatic ring is 1. The normalized spacial score (nSPS) is 19.2. The predicted molar refractivity (Wildman–Crippen MR) is 84.9 cm³/mol. The first kappa shape index (κ1) is 14.8. The van der Waals surface area contributed by atoms with Crippen LogP contribution < -0.4 is 5.73 Å². The molecular formula is C16H22N6. The summed E-state index contributed by atoms with van der Waals surface area (Å²) in [7, 11) is 0. The Hall–Kier alpha value is -2.08. The molecular weight excluding hydrogens is 276 g/mol. The Morgan fingerprint density at radius 2 is 1.95 bits per heavy atom. The molecule has 3 heterocycles. The van der Waals surface area contributed by atoms with E-state index in [9.17, 15) is 0 Å². The standard InChI is InChI=1S/C16H22N6/c1-12-20-8-14(9-21-12)11-22-6-2-3-13(10-22)7-15-16(17)19-5-4-18-15/h4-5,8-9,13H,2-3,6-7,10-11H2,1H3,(H2,17,19)/t13-/m1/s1. The quantitative estimate of drug-likeness (QED) is 0.923. The van der Waals surface area contributed by atoms with Gasteiger partial charge in [-0.05, 0) is 38.6 Å². The molecule has 2 aromatic rings. The van der Waals surface area contributed by atoms with Crippen LogP contribution in [0.2, 0.25) is 0 Å². The van der Waals surface area contributed by atoms with Crippen molar-refractivity contribution in [2.75, 3.05) is 18.8 Å². The summed E-state index contributed by atoms with van der Waals surface area (Å²) < 4.78 is 0. The molecule has 2 aromatic heterocycles. The van der Waals surface area contributed by atoms with Crippen LogP contribution in [0.25, 0.3) is 0 Å². The number of hydrogen-bond donors (Lipinski definition) is 1. The number of piperidine rings is 1. The van der Waals surface area contributed by atoms with E-state index in [1.807, 2.05) is 19.3 Å². The lowest BCUT2D eigenvalue weighted by Gasteiger charge is -2.32. The van der Waals surface area contributed by atoms with Gasteiger partial charge >= 0.3 is 0 Å². The van der Waals surface area contributed by atoms with Crippen molar-refractivity contribution < 1.29 is 0 Å². The van der Waals surface area contributed by atoms with Crippen molar-refractivity contribution in [1.82, 2.24) is 24.8 Å². The Morgan fingerprint density at radius 1 is 1.18 bits per heavy atom. The summed E-state index contributed by atoms with van der Waals surface area (Å²) in [4.78, 5) is 19.5. The topological polar surface area (TPSA) is 80.8 Å². The number of anilines is 1. The van der Waals surface area contributed by atoms with Crippen molar-refractivity contribution in [3.8, 4) is 0 Å². The van der Waals surface area contributed by atoms with Gasteiger partial charge in [0.15, 0.2) is 0 Å². The van der Waals surface area contributed by atoms with Gasteiger partial charge in [-0.1, -0.05) is 0 Å². The van der Waals surface area contributed by atoms with Crippen LogP contribution in [0.1, 0.15) is 29.9 Å². The summed E-state index contributed by atoms with van der Waals surface area (Å²) in [6.45, 7) is 5.00. The molecule has 0 aromatic carbocycles. The molecule has 1 fully saturated rings. The number of likely N-dealkylation sites (tertiary alicyclic amines) is 1. The van der Waals surface area contributed by atoms with E-state index in [2.05, 4.69) is 24.8 Å². The zero-order chi connectivity index (χ0) is 15.4. The Bertz CT molecular complexity index is 612. The molecule has 1 atom stereocenters. The van der Waals surface area contributed by atoms with E-state index < -0.39 is 0 Å². The molecule has 0 saturated carbocycles. The average Bonchev–Trinajstić information content (AvgIpc) is 2.52. The number of aryl methyl sites for hydroxylation is 1. The highest BCUT2D eigenvalue weighted by molar-refractivity contribution is 5.33. The minimum absolute atomic E-state index is 0.562. The second kappa shape index (κ2) is 6.79. The average molecular weight is 298 g/mol. The molecule has 0 bridgehead atoms. The van der Waals surface area contributed by atoms with E-state index in [1.165, 1.54) is 18.4 Å². The smallest absolute Gasteiger partial charge is 0.145 e. The highest BCUT2D eigenvalue weighted by Gasteiger charge is 2.21. The minimum Gasteiger partial charge on any atom is -0.382 e. The van der Waals surface area contributed by atoms with Crippen molar-refractivity contribution in [3.63, 3.8) is 0 Å². The number of rotatable bonds is 4. The lowest BCUT2D eigenvalue weighted by Crippen LogP contribution is -2.36. The van der Waals surface area contributed by atoms with Crippen LogP contribution in [0.4, 0.5) is 5.82 Å². The summed E-state index contributed by atoms with van der Waals surface area (Å²) >= 11 is 0. The number of aromatic nitrogens is 4. The van der Waals surface area contributed by atoms with Gasteiger partial charge in [-0.3, -0.25) is 9.88 Å². The lowest BCUT2D eigenvalue weighted by atomic mass is 9.93. The SMILES string of the molecule is Cc1ncc(CN2CCC[C@H](Cc3nccnc3N)C2)cn1. The van der Waals surface area contributed by atoms with Crippen LogP contribution in [-0.2, 0) is 13.0 Å². The molecule has 2 N–H and O–H groups in total. The van der Waals surface area contributed by atoms with E-state index in [1.54, 1.807) is 12.4 Å². The van der Waals surface area contributed by atoms with E-state index in [4.69, 9.17) is 5.73 Å². The second-order valence-electron chi connectivity index (χ2n) is 5.97. The number of hydrogen-bond acceptors (Lipinski definition) is 6. The number of nitrogens with two attached hydrogens (primary N) is 1. The maximum atomic E-state index is 5.91. The summed E-state index contributed by atoms with van der Waals surface area (Å²) in [6, 6.07) is 0. The van der Waals surface area contributed by atoms with Gasteiger partial charge in [-0.2, -0.15) is 0 Å². The highest BCUT2D eigenvalue weighted by atomic mass is 15.1. The molecule has 0 unspecified atom stereocenters. The molecule has 1 aliphatic heterocycles. The fourth-order valence-electron chi connectivity index (χ4n) is 3.03. The van der Waals surface area contributed by atoms with Crippen molar-refractivity contribution in [2.24, 2.45) is 5.92 Å². The lowest BCUT2D eigenvalue weighted by molar-refractivity contribution is 0.166. The van der Waals surface area contributed by atoms with Gasteiger partial charge in [0.25, 0.3) is 0 Å². The maximum absolute atomic E-state index is 5.91. The zero-order valence-electron chi connectivity index (χ0n) is 12.9. The summed E-state index contributed by atoms with van der Waals surface area (Å²) in [5.74, 6) is 1.96. The van der Waals surface area contributed by atoms with Gasteiger partial charge in [0.2, 0.25) is 0 Å². The Morgan fingerprint density at radius 3 is 2.73 bits per heavy atom. The molecule has 1 saturated heterocycles. The Kier molecular flexibility index (Phi) is 4.58. The van der Waals surface area contributed by atoms with Crippen LogP contribution in [-0.4, -0.2) is 37.9 Å². The fourth-order valence-corrected chi connectivity index (χ4v) is 3.03. The molecule has 0 radical (unpaired) electrons. The summed E-state index contributed by atoms with van der Waals surface area (Å²) in [6.07, 6.45) is 10.5. The summed E-state index contributed by atoms with van der Waals surface area (Å²) in [5.41, 5.74) is 8.00. The van der Waals surface area contributed by atoms with Gasteiger partial charge in [0, 0.05) is 43.4 Å². The first-order valence-corrected chi connectivity index (χ1v) is 7.76.